The maximum atomic E-state index is 5.24. The number of fused-ring (bicyclic) bond motifs is 1. The van der Waals surface area contributed by atoms with Gasteiger partial charge in [0.15, 0.2) is 5.11 Å². The molecule has 0 radical (unpaired) electrons. The number of thiocarbonyl (C=S) groups is 1. The van der Waals surface area contributed by atoms with Crippen LogP contribution in [-0.2, 0) is 0 Å². The zero-order valence-corrected chi connectivity index (χ0v) is 9.24. The molecule has 0 bridgehead atoms. The summed E-state index contributed by atoms with van der Waals surface area (Å²) in [7, 11) is 0. The highest BCUT2D eigenvalue weighted by Gasteiger charge is 1.94. The van der Waals surface area contributed by atoms with Crippen LogP contribution in [-0.4, -0.2) is 16.3 Å². The molecule has 0 aliphatic rings. The first-order valence-corrected chi connectivity index (χ1v) is 5.10. The van der Waals surface area contributed by atoms with Crippen molar-refractivity contribution in [3.63, 3.8) is 0 Å². The average Bonchev–Trinajstić information content (AvgIpc) is 2.28. The van der Waals surface area contributed by atoms with Gasteiger partial charge in [-0.25, -0.2) is 0 Å². The van der Waals surface area contributed by atoms with Crippen molar-refractivity contribution in [3.05, 3.63) is 42.1 Å². The number of rotatable bonds is 2. The summed E-state index contributed by atoms with van der Waals surface area (Å²) in [5.74, 6) is 0. The molecule has 0 atom stereocenters. The van der Waals surface area contributed by atoms with Gasteiger partial charge in [-0.2, -0.15) is 5.10 Å². The molecule has 4 nitrogen and oxygen atoms in total. The number of nitrogens with zero attached hydrogens (tertiary/aromatic N) is 2. The van der Waals surface area contributed by atoms with E-state index in [1.165, 1.54) is 0 Å². The third-order valence-electron chi connectivity index (χ3n) is 2.02. The van der Waals surface area contributed by atoms with Crippen LogP contribution in [0.15, 0.2) is 41.6 Å². The van der Waals surface area contributed by atoms with Gasteiger partial charge >= 0.3 is 0 Å². The molecule has 2 aromatic rings. The van der Waals surface area contributed by atoms with Crippen molar-refractivity contribution in [2.24, 2.45) is 10.8 Å². The second-order valence-corrected chi connectivity index (χ2v) is 3.63. The Morgan fingerprint density at radius 3 is 3.12 bits per heavy atom. The first-order valence-electron chi connectivity index (χ1n) is 4.69. The standard InChI is InChI=1S/C11H10N4S/c12-11(16)15-14-7-8-3-4-10-9(6-8)2-1-5-13-10/h1-7H,(H3,12,15,16)/b14-7-. The van der Waals surface area contributed by atoms with E-state index in [4.69, 9.17) is 5.73 Å². The summed E-state index contributed by atoms with van der Waals surface area (Å²) in [6.07, 6.45) is 3.43. The molecule has 0 aliphatic carbocycles. The van der Waals surface area contributed by atoms with E-state index in [0.717, 1.165) is 16.5 Å². The second kappa shape index (κ2) is 4.67. The van der Waals surface area contributed by atoms with Gasteiger partial charge in [-0.05, 0) is 36.0 Å². The van der Waals surface area contributed by atoms with Gasteiger partial charge in [-0.3, -0.25) is 10.4 Å². The summed E-state index contributed by atoms with van der Waals surface area (Å²) in [6, 6.07) is 9.77. The van der Waals surface area contributed by atoms with Crippen molar-refractivity contribution in [1.29, 1.82) is 0 Å². The van der Waals surface area contributed by atoms with Gasteiger partial charge in [0.05, 0.1) is 11.7 Å². The fourth-order valence-electron chi connectivity index (χ4n) is 1.34. The topological polar surface area (TPSA) is 63.3 Å². The van der Waals surface area contributed by atoms with E-state index in [0.29, 0.717) is 0 Å². The van der Waals surface area contributed by atoms with Gasteiger partial charge in [-0.1, -0.05) is 12.1 Å². The number of nitrogens with two attached hydrogens (primary N) is 1. The zero-order valence-electron chi connectivity index (χ0n) is 8.42. The number of aromatic nitrogens is 1. The first kappa shape index (κ1) is 10.5. The number of pyridine rings is 1. The van der Waals surface area contributed by atoms with Crippen LogP contribution in [0.5, 0.6) is 0 Å². The Bertz CT molecular complexity index is 550. The minimum atomic E-state index is 0.152. The van der Waals surface area contributed by atoms with E-state index >= 15 is 0 Å². The smallest absolute Gasteiger partial charge is 0.184 e. The Hall–Kier alpha value is -2.01. The number of hydrogen-bond donors (Lipinski definition) is 2. The lowest BCUT2D eigenvalue weighted by atomic mass is 10.1. The summed E-state index contributed by atoms with van der Waals surface area (Å²) < 4.78 is 0. The first-order chi connectivity index (χ1) is 7.75. The quantitative estimate of drug-likeness (QED) is 0.465. The van der Waals surface area contributed by atoms with Crippen LogP contribution in [0.3, 0.4) is 0 Å². The maximum Gasteiger partial charge on any atom is 0.184 e. The Morgan fingerprint density at radius 1 is 1.44 bits per heavy atom. The molecule has 1 aromatic carbocycles. The van der Waals surface area contributed by atoms with E-state index in [2.05, 4.69) is 27.7 Å². The third-order valence-corrected chi connectivity index (χ3v) is 2.11. The van der Waals surface area contributed by atoms with Crippen molar-refractivity contribution in [2.45, 2.75) is 0 Å². The lowest BCUT2D eigenvalue weighted by Crippen LogP contribution is -2.23. The number of benzene rings is 1. The molecule has 1 aromatic heterocycles. The molecule has 1 heterocycles. The molecule has 2 rings (SSSR count). The molecule has 16 heavy (non-hydrogen) atoms. The highest BCUT2D eigenvalue weighted by atomic mass is 32.1. The number of hydrazone groups is 1. The molecule has 0 saturated heterocycles. The summed E-state index contributed by atoms with van der Waals surface area (Å²) in [4.78, 5) is 4.23. The average molecular weight is 230 g/mol. The fourth-order valence-corrected chi connectivity index (χ4v) is 1.40. The zero-order chi connectivity index (χ0) is 11.4. The van der Waals surface area contributed by atoms with Crippen LogP contribution >= 0.6 is 12.2 Å². The van der Waals surface area contributed by atoms with Crippen LogP contribution < -0.4 is 11.2 Å². The summed E-state index contributed by atoms with van der Waals surface area (Å²) in [6.45, 7) is 0. The van der Waals surface area contributed by atoms with E-state index in [1.807, 2.05) is 30.3 Å². The van der Waals surface area contributed by atoms with Crippen LogP contribution in [0.25, 0.3) is 10.9 Å². The summed E-state index contributed by atoms with van der Waals surface area (Å²) in [5.41, 5.74) is 9.67. The molecular formula is C11H10N4S. The molecular weight excluding hydrogens is 220 g/mol. The number of hydrogen-bond acceptors (Lipinski definition) is 3. The van der Waals surface area contributed by atoms with Crippen LogP contribution in [0, 0.1) is 0 Å². The molecule has 0 saturated carbocycles. The van der Waals surface area contributed by atoms with E-state index in [1.54, 1.807) is 12.4 Å². The van der Waals surface area contributed by atoms with E-state index in [-0.39, 0.29) is 5.11 Å². The molecule has 3 N–H and O–H groups in total. The largest absolute Gasteiger partial charge is 0.375 e. The second-order valence-electron chi connectivity index (χ2n) is 3.19. The minimum absolute atomic E-state index is 0.152. The molecule has 0 aliphatic heterocycles. The monoisotopic (exact) mass is 230 g/mol. The Labute approximate surface area is 98.2 Å². The third kappa shape index (κ3) is 2.52. The van der Waals surface area contributed by atoms with Crippen LogP contribution in [0.2, 0.25) is 0 Å². The molecule has 0 fully saturated rings. The molecule has 80 valence electrons. The SMILES string of the molecule is NC(=S)N/N=C\c1ccc2ncccc2c1. The molecule has 0 unspecified atom stereocenters. The Kier molecular flexibility index (Phi) is 3.07. The van der Waals surface area contributed by atoms with Gasteiger partial charge in [0, 0.05) is 11.6 Å². The van der Waals surface area contributed by atoms with Crippen molar-refractivity contribution in [3.8, 4) is 0 Å². The highest BCUT2D eigenvalue weighted by molar-refractivity contribution is 7.80. The van der Waals surface area contributed by atoms with Gasteiger partial charge in [-0.15, -0.1) is 0 Å². The molecule has 0 amide bonds. The van der Waals surface area contributed by atoms with E-state index < -0.39 is 0 Å². The van der Waals surface area contributed by atoms with Crippen molar-refractivity contribution in [2.75, 3.05) is 0 Å². The van der Waals surface area contributed by atoms with Gasteiger partial charge < -0.3 is 5.73 Å². The maximum absolute atomic E-state index is 5.24. The highest BCUT2D eigenvalue weighted by Crippen LogP contribution is 2.11. The van der Waals surface area contributed by atoms with Gasteiger partial charge in [0.1, 0.15) is 0 Å². The normalized spacial score (nSPS) is 10.8. The van der Waals surface area contributed by atoms with Gasteiger partial charge in [0.25, 0.3) is 0 Å². The molecule has 0 spiro atoms. The molecule has 5 heteroatoms. The predicted molar refractivity (Wildman–Crippen MR) is 69.3 cm³/mol. The summed E-state index contributed by atoms with van der Waals surface area (Å²) >= 11 is 4.63. The van der Waals surface area contributed by atoms with E-state index in [9.17, 15) is 0 Å². The van der Waals surface area contributed by atoms with Crippen molar-refractivity contribution < 1.29 is 0 Å². The van der Waals surface area contributed by atoms with Gasteiger partial charge in [0.2, 0.25) is 0 Å². The minimum Gasteiger partial charge on any atom is -0.375 e. The van der Waals surface area contributed by atoms with Crippen molar-refractivity contribution in [1.82, 2.24) is 10.4 Å². The lowest BCUT2D eigenvalue weighted by molar-refractivity contribution is 1.04. The lowest BCUT2D eigenvalue weighted by Gasteiger charge is -1.98. The Morgan fingerprint density at radius 2 is 2.31 bits per heavy atom. The fraction of sp³-hybridized carbons (Fsp3) is 0. The van der Waals surface area contributed by atoms with Crippen LogP contribution in [0.4, 0.5) is 0 Å². The predicted octanol–water partition coefficient (Wildman–Crippen LogP) is 1.40. The number of nitrogens with one attached hydrogen (secondary N) is 1. The Balaban J connectivity index is 2.26. The van der Waals surface area contributed by atoms with Crippen molar-refractivity contribution >= 4 is 34.4 Å². The summed E-state index contributed by atoms with van der Waals surface area (Å²) in [5, 5.41) is 5.11. The van der Waals surface area contributed by atoms with Crippen LogP contribution in [0.1, 0.15) is 5.56 Å².